The highest BCUT2D eigenvalue weighted by molar-refractivity contribution is 7.92. The Morgan fingerprint density at radius 2 is 1.85 bits per heavy atom. The van der Waals surface area contributed by atoms with Crippen molar-refractivity contribution in [2.75, 3.05) is 5.75 Å². The predicted molar refractivity (Wildman–Crippen MR) is 149 cm³/mol. The lowest BCUT2D eigenvalue weighted by atomic mass is 9.85. The number of primary amides is 1. The van der Waals surface area contributed by atoms with Crippen molar-refractivity contribution in [1.29, 1.82) is 0 Å². The number of hydrogen-bond acceptors (Lipinski definition) is 5. The minimum absolute atomic E-state index is 0.0957. The Morgan fingerprint density at radius 1 is 1.18 bits per heavy atom. The summed E-state index contributed by atoms with van der Waals surface area (Å²) in [4.78, 5) is 27.9. The number of halogens is 3. The Kier molecular flexibility index (Phi) is 8.13. The molecular weight excluding hydrogens is 566 g/mol. The molecule has 2 aromatic rings. The topological polar surface area (TPSA) is 107 Å². The molecule has 0 spiro atoms. The summed E-state index contributed by atoms with van der Waals surface area (Å²) < 4.78 is 47.1. The quantitative estimate of drug-likeness (QED) is 0.438. The predicted octanol–water partition coefficient (Wildman–Crippen LogP) is 5.40. The summed E-state index contributed by atoms with van der Waals surface area (Å²) in [5.74, 6) is -2.42. The second-order valence-electron chi connectivity index (χ2n) is 11.6. The molecule has 2 aromatic carbocycles. The molecule has 0 radical (unpaired) electrons. The molecular formula is C28H33Cl2FN2O5S. The number of amides is 2. The van der Waals surface area contributed by atoms with E-state index in [0.717, 1.165) is 12.8 Å². The standard InChI is InChI=1S/C28H33Cl2FN2O5S/c1-27(2,3)39(36,37)15-22(16-8-9-16)33-24(17-10-11-20(30)21(31)13-17)25(18-6-5-7-19(29)12-18)38-28(4,26(33)35)14-23(32)34/h5-7,10-13,16,22,24-25H,8-9,14-15H2,1-4H3,(H2,32,34). The molecule has 2 fully saturated rings. The fourth-order valence-electron chi connectivity index (χ4n) is 5.11. The molecule has 2 N–H and O–H groups in total. The van der Waals surface area contributed by atoms with Gasteiger partial charge in [-0.2, -0.15) is 0 Å². The molecule has 0 aromatic heterocycles. The minimum atomic E-state index is -3.69. The molecule has 4 unspecified atom stereocenters. The third-order valence-corrected chi connectivity index (χ3v) is 10.7. The first-order valence-corrected chi connectivity index (χ1v) is 15.2. The molecule has 39 heavy (non-hydrogen) atoms. The monoisotopic (exact) mass is 598 g/mol. The van der Waals surface area contributed by atoms with Gasteiger partial charge in [0.05, 0.1) is 28.0 Å². The van der Waals surface area contributed by atoms with E-state index in [1.165, 1.54) is 24.0 Å². The van der Waals surface area contributed by atoms with Crippen molar-refractivity contribution in [1.82, 2.24) is 4.90 Å². The van der Waals surface area contributed by atoms with E-state index in [1.807, 2.05) is 0 Å². The van der Waals surface area contributed by atoms with Crippen molar-refractivity contribution in [3.8, 4) is 0 Å². The largest absolute Gasteiger partial charge is 0.370 e. The van der Waals surface area contributed by atoms with Crippen molar-refractivity contribution < 1.29 is 27.1 Å². The van der Waals surface area contributed by atoms with Gasteiger partial charge in [-0.05, 0) is 81.8 Å². The maximum Gasteiger partial charge on any atom is 0.256 e. The average Bonchev–Trinajstić information content (AvgIpc) is 3.65. The second kappa shape index (κ2) is 10.7. The van der Waals surface area contributed by atoms with Gasteiger partial charge in [-0.1, -0.05) is 41.4 Å². The Hall–Kier alpha value is -2.20. The fourth-order valence-corrected chi connectivity index (χ4v) is 6.81. The van der Waals surface area contributed by atoms with Crippen LogP contribution in [-0.4, -0.2) is 47.3 Å². The number of morpholine rings is 1. The number of sulfone groups is 1. The summed E-state index contributed by atoms with van der Waals surface area (Å²) in [6, 6.07) is 9.35. The first kappa shape index (κ1) is 29.8. The molecule has 1 aliphatic carbocycles. The molecule has 7 nitrogen and oxygen atoms in total. The van der Waals surface area contributed by atoms with Crippen LogP contribution in [0.5, 0.6) is 0 Å². The molecule has 1 saturated heterocycles. The SMILES string of the molecule is CC1(CC(N)=O)OC(c2cccc(Cl)c2)C(c2ccc(Cl)c(F)c2)N(C(CS(=O)(=O)C(C)(C)C)C2CC2)C1=O. The van der Waals surface area contributed by atoms with E-state index in [2.05, 4.69) is 0 Å². The van der Waals surface area contributed by atoms with E-state index < -0.39 is 62.4 Å². The Labute approximate surface area is 238 Å². The number of benzene rings is 2. The molecule has 212 valence electrons. The van der Waals surface area contributed by atoms with Crippen LogP contribution in [0.2, 0.25) is 10.0 Å². The smallest absolute Gasteiger partial charge is 0.256 e. The molecule has 2 amide bonds. The summed E-state index contributed by atoms with van der Waals surface area (Å²) in [5.41, 5.74) is 4.79. The van der Waals surface area contributed by atoms with Crippen molar-refractivity contribution in [2.45, 2.75) is 75.5 Å². The maximum atomic E-state index is 14.8. The van der Waals surface area contributed by atoms with Gasteiger partial charge < -0.3 is 15.4 Å². The summed E-state index contributed by atoms with van der Waals surface area (Å²) in [7, 11) is -3.69. The van der Waals surface area contributed by atoms with Gasteiger partial charge in [0.2, 0.25) is 5.91 Å². The van der Waals surface area contributed by atoms with Crippen LogP contribution in [0.1, 0.15) is 70.2 Å². The third kappa shape index (κ3) is 6.11. The summed E-state index contributed by atoms with van der Waals surface area (Å²) in [6.45, 7) is 6.33. The lowest BCUT2D eigenvalue weighted by molar-refractivity contribution is -0.204. The number of carbonyl (C=O) groups is 2. The summed E-state index contributed by atoms with van der Waals surface area (Å²) in [5, 5.41) is 0.312. The van der Waals surface area contributed by atoms with Crippen molar-refractivity contribution in [3.63, 3.8) is 0 Å². The van der Waals surface area contributed by atoms with Gasteiger partial charge in [-0.25, -0.2) is 12.8 Å². The van der Waals surface area contributed by atoms with Crippen LogP contribution in [0.25, 0.3) is 0 Å². The summed E-state index contributed by atoms with van der Waals surface area (Å²) >= 11 is 12.3. The number of nitrogens with two attached hydrogens (primary N) is 1. The Morgan fingerprint density at radius 3 is 2.38 bits per heavy atom. The van der Waals surface area contributed by atoms with Crippen LogP contribution in [0.15, 0.2) is 42.5 Å². The average molecular weight is 600 g/mol. The number of hydrogen-bond donors (Lipinski definition) is 1. The molecule has 11 heteroatoms. The highest BCUT2D eigenvalue weighted by atomic mass is 35.5. The molecule has 0 bridgehead atoms. The minimum Gasteiger partial charge on any atom is -0.370 e. The first-order valence-electron chi connectivity index (χ1n) is 12.8. The van der Waals surface area contributed by atoms with Crippen LogP contribution in [-0.2, 0) is 24.2 Å². The van der Waals surface area contributed by atoms with Crippen molar-refractivity contribution >= 4 is 44.9 Å². The van der Waals surface area contributed by atoms with Gasteiger partial charge in [0.25, 0.3) is 5.91 Å². The summed E-state index contributed by atoms with van der Waals surface area (Å²) in [6.07, 6.45) is 0.102. The Balaban J connectivity index is 1.97. The van der Waals surface area contributed by atoms with Crippen LogP contribution in [0, 0.1) is 11.7 Å². The zero-order valence-electron chi connectivity index (χ0n) is 22.3. The van der Waals surface area contributed by atoms with E-state index in [0.29, 0.717) is 16.1 Å². The molecule has 1 saturated carbocycles. The molecule has 2 aliphatic rings. The van der Waals surface area contributed by atoms with Gasteiger partial charge in [0, 0.05) is 11.1 Å². The van der Waals surface area contributed by atoms with E-state index >= 15 is 0 Å². The number of ether oxygens (including phenoxy) is 1. The zero-order valence-corrected chi connectivity index (χ0v) is 24.6. The molecule has 1 heterocycles. The van der Waals surface area contributed by atoms with E-state index in [-0.39, 0.29) is 16.7 Å². The van der Waals surface area contributed by atoms with Gasteiger partial charge in [-0.3, -0.25) is 9.59 Å². The molecule has 1 aliphatic heterocycles. The number of rotatable bonds is 8. The van der Waals surface area contributed by atoms with Gasteiger partial charge >= 0.3 is 0 Å². The van der Waals surface area contributed by atoms with Crippen LogP contribution in [0.3, 0.4) is 0 Å². The normalized spacial score (nSPS) is 25.0. The third-order valence-electron chi connectivity index (χ3n) is 7.48. The van der Waals surface area contributed by atoms with Gasteiger partial charge in [-0.15, -0.1) is 0 Å². The highest BCUT2D eigenvalue weighted by Crippen LogP contribution is 2.51. The lowest BCUT2D eigenvalue weighted by Gasteiger charge is -2.52. The van der Waals surface area contributed by atoms with Gasteiger partial charge in [0.15, 0.2) is 15.4 Å². The highest BCUT2D eigenvalue weighted by Gasteiger charge is 2.56. The van der Waals surface area contributed by atoms with Crippen molar-refractivity contribution in [3.05, 3.63) is 69.5 Å². The van der Waals surface area contributed by atoms with E-state index in [1.54, 1.807) is 51.1 Å². The maximum absolute atomic E-state index is 14.8. The van der Waals surface area contributed by atoms with Crippen LogP contribution < -0.4 is 5.73 Å². The first-order chi connectivity index (χ1) is 18.0. The van der Waals surface area contributed by atoms with E-state index in [4.69, 9.17) is 33.7 Å². The number of nitrogens with zero attached hydrogens (tertiary/aromatic N) is 1. The van der Waals surface area contributed by atoms with Crippen molar-refractivity contribution in [2.24, 2.45) is 11.7 Å². The molecule has 4 atom stereocenters. The lowest BCUT2D eigenvalue weighted by Crippen LogP contribution is -2.62. The fraction of sp³-hybridized carbons (Fsp3) is 0.500. The zero-order chi connectivity index (χ0) is 28.9. The van der Waals surface area contributed by atoms with Crippen LogP contribution in [0.4, 0.5) is 4.39 Å². The molecule has 4 rings (SSSR count). The van der Waals surface area contributed by atoms with Crippen LogP contribution >= 0.6 is 23.2 Å². The second-order valence-corrected chi connectivity index (χ2v) is 15.2. The number of carbonyl (C=O) groups excluding carboxylic acids is 2. The Bertz CT molecular complexity index is 1390. The van der Waals surface area contributed by atoms with E-state index in [9.17, 15) is 22.4 Å². The van der Waals surface area contributed by atoms with Gasteiger partial charge in [0.1, 0.15) is 11.9 Å².